The van der Waals surface area contributed by atoms with Crippen LogP contribution in [0, 0.1) is 0 Å². The maximum absolute atomic E-state index is 12.2. The van der Waals surface area contributed by atoms with Crippen molar-refractivity contribution in [3.63, 3.8) is 0 Å². The van der Waals surface area contributed by atoms with E-state index in [1.165, 1.54) is 0 Å². The standard InChI is InChI=1S/C17H14N2O4S/c20-17(15-10-21-12-4-1-2-5-13(12)22-15)18-9-11-8-14(23-19-11)16-6-3-7-24-16/h1-8,15H,9-10H2,(H,18,20)/t15-/m1/s1. The number of thiophene rings is 1. The van der Waals surface area contributed by atoms with E-state index in [2.05, 4.69) is 10.5 Å². The van der Waals surface area contributed by atoms with Crippen molar-refractivity contribution in [2.24, 2.45) is 0 Å². The molecule has 4 rings (SSSR count). The summed E-state index contributed by atoms with van der Waals surface area (Å²) in [5.41, 5.74) is 0.656. The quantitative estimate of drug-likeness (QED) is 0.789. The van der Waals surface area contributed by atoms with E-state index in [9.17, 15) is 4.79 Å². The van der Waals surface area contributed by atoms with Gasteiger partial charge < -0.3 is 19.3 Å². The fourth-order valence-electron chi connectivity index (χ4n) is 2.37. The van der Waals surface area contributed by atoms with Crippen LogP contribution in [0.2, 0.25) is 0 Å². The van der Waals surface area contributed by atoms with E-state index in [1.807, 2.05) is 41.8 Å². The average Bonchev–Trinajstić information content (AvgIpc) is 3.30. The van der Waals surface area contributed by atoms with Gasteiger partial charge in [-0.2, -0.15) is 0 Å². The first-order valence-corrected chi connectivity index (χ1v) is 8.33. The first kappa shape index (κ1) is 14.8. The number of benzene rings is 1. The second-order valence-corrected chi connectivity index (χ2v) is 6.19. The van der Waals surface area contributed by atoms with Crippen LogP contribution in [0.3, 0.4) is 0 Å². The van der Waals surface area contributed by atoms with Gasteiger partial charge in [0, 0.05) is 6.07 Å². The smallest absolute Gasteiger partial charge is 0.265 e. The molecular weight excluding hydrogens is 328 g/mol. The third-order valence-electron chi connectivity index (χ3n) is 3.57. The summed E-state index contributed by atoms with van der Waals surface area (Å²) in [5.74, 6) is 1.68. The van der Waals surface area contributed by atoms with Gasteiger partial charge in [0.2, 0.25) is 6.10 Å². The Morgan fingerprint density at radius 2 is 2.12 bits per heavy atom. The van der Waals surface area contributed by atoms with Crippen molar-refractivity contribution in [2.75, 3.05) is 6.61 Å². The largest absolute Gasteiger partial charge is 0.485 e. The number of aromatic nitrogens is 1. The lowest BCUT2D eigenvalue weighted by Crippen LogP contribution is -2.43. The highest BCUT2D eigenvalue weighted by Crippen LogP contribution is 2.31. The predicted molar refractivity (Wildman–Crippen MR) is 88.0 cm³/mol. The molecule has 3 aromatic rings. The van der Waals surface area contributed by atoms with Crippen molar-refractivity contribution in [3.05, 3.63) is 53.5 Å². The first-order valence-electron chi connectivity index (χ1n) is 7.45. The van der Waals surface area contributed by atoms with Gasteiger partial charge in [0.1, 0.15) is 12.3 Å². The molecule has 0 aliphatic carbocycles. The third-order valence-corrected chi connectivity index (χ3v) is 4.45. The number of para-hydroxylation sites is 2. The summed E-state index contributed by atoms with van der Waals surface area (Å²) in [4.78, 5) is 13.2. The fraction of sp³-hybridized carbons (Fsp3) is 0.176. The molecule has 6 nitrogen and oxygen atoms in total. The molecule has 1 atom stereocenters. The molecule has 0 radical (unpaired) electrons. The summed E-state index contributed by atoms with van der Waals surface area (Å²) >= 11 is 1.57. The highest BCUT2D eigenvalue weighted by Gasteiger charge is 2.27. The molecule has 3 heterocycles. The van der Waals surface area contributed by atoms with Crippen molar-refractivity contribution in [2.45, 2.75) is 12.6 Å². The zero-order chi connectivity index (χ0) is 16.4. The number of nitrogens with zero attached hydrogens (tertiary/aromatic N) is 1. The molecule has 0 fully saturated rings. The van der Waals surface area contributed by atoms with Crippen LogP contribution >= 0.6 is 11.3 Å². The van der Waals surface area contributed by atoms with Gasteiger partial charge in [-0.1, -0.05) is 23.4 Å². The molecule has 1 aromatic carbocycles. The zero-order valence-electron chi connectivity index (χ0n) is 12.6. The maximum atomic E-state index is 12.2. The summed E-state index contributed by atoms with van der Waals surface area (Å²) in [5, 5.41) is 8.73. The Morgan fingerprint density at radius 3 is 2.96 bits per heavy atom. The SMILES string of the molecule is O=C(NCc1cc(-c2cccs2)on1)[C@H]1COc2ccccc2O1. The highest BCUT2D eigenvalue weighted by atomic mass is 32.1. The Morgan fingerprint density at radius 1 is 1.25 bits per heavy atom. The van der Waals surface area contributed by atoms with E-state index in [4.69, 9.17) is 14.0 Å². The van der Waals surface area contributed by atoms with Gasteiger partial charge in [-0.15, -0.1) is 11.3 Å². The van der Waals surface area contributed by atoms with Crippen molar-refractivity contribution >= 4 is 17.2 Å². The lowest BCUT2D eigenvalue weighted by Gasteiger charge is -2.25. The van der Waals surface area contributed by atoms with Crippen molar-refractivity contribution in [1.29, 1.82) is 0 Å². The molecule has 7 heteroatoms. The van der Waals surface area contributed by atoms with Crippen molar-refractivity contribution in [3.8, 4) is 22.1 Å². The van der Waals surface area contributed by atoms with Crippen LogP contribution in [0.4, 0.5) is 0 Å². The number of hydrogen-bond donors (Lipinski definition) is 1. The van der Waals surface area contributed by atoms with Crippen LogP contribution in [0.5, 0.6) is 11.5 Å². The summed E-state index contributed by atoms with van der Waals surface area (Å²) in [6.07, 6.45) is -0.677. The van der Waals surface area contributed by atoms with E-state index in [0.717, 1.165) is 4.88 Å². The Hall–Kier alpha value is -2.80. The summed E-state index contributed by atoms with van der Waals surface area (Å²) in [6, 6.07) is 13.0. The minimum Gasteiger partial charge on any atom is -0.485 e. The number of ether oxygens (including phenoxy) is 2. The van der Waals surface area contributed by atoms with Gasteiger partial charge in [0.05, 0.1) is 11.4 Å². The first-order chi connectivity index (χ1) is 11.8. The van der Waals surface area contributed by atoms with Crippen LogP contribution < -0.4 is 14.8 Å². The molecule has 1 N–H and O–H groups in total. The molecule has 0 unspecified atom stereocenters. The monoisotopic (exact) mass is 342 g/mol. The number of amides is 1. The molecule has 1 aliphatic rings. The van der Waals surface area contributed by atoms with Gasteiger partial charge in [0.25, 0.3) is 5.91 Å². The number of hydrogen-bond acceptors (Lipinski definition) is 6. The molecule has 0 saturated carbocycles. The number of fused-ring (bicyclic) bond motifs is 1. The molecule has 24 heavy (non-hydrogen) atoms. The molecule has 122 valence electrons. The van der Waals surface area contributed by atoms with Gasteiger partial charge in [-0.3, -0.25) is 4.79 Å². The third kappa shape index (κ3) is 2.98. The summed E-state index contributed by atoms with van der Waals surface area (Å²) in [6.45, 7) is 0.456. The normalized spacial score (nSPS) is 15.9. The second kappa shape index (κ2) is 6.37. The summed E-state index contributed by atoms with van der Waals surface area (Å²) < 4.78 is 16.5. The highest BCUT2D eigenvalue weighted by molar-refractivity contribution is 7.13. The van der Waals surface area contributed by atoms with Crippen LogP contribution in [-0.4, -0.2) is 23.8 Å². The van der Waals surface area contributed by atoms with Gasteiger partial charge in [-0.05, 0) is 23.6 Å². The van der Waals surface area contributed by atoms with E-state index < -0.39 is 6.10 Å². The lowest BCUT2D eigenvalue weighted by molar-refractivity contribution is -0.130. The number of nitrogens with one attached hydrogen (secondary N) is 1. The maximum Gasteiger partial charge on any atom is 0.265 e. The molecule has 1 aliphatic heterocycles. The van der Waals surface area contributed by atoms with Crippen molar-refractivity contribution < 1.29 is 18.8 Å². The lowest BCUT2D eigenvalue weighted by atomic mass is 10.2. The van der Waals surface area contributed by atoms with E-state index in [-0.39, 0.29) is 19.1 Å². The topological polar surface area (TPSA) is 73.6 Å². The Bertz CT molecular complexity index is 844. The van der Waals surface area contributed by atoms with E-state index >= 15 is 0 Å². The van der Waals surface area contributed by atoms with Crippen LogP contribution in [0.15, 0.2) is 52.4 Å². The van der Waals surface area contributed by atoms with Crippen LogP contribution in [-0.2, 0) is 11.3 Å². The zero-order valence-corrected chi connectivity index (χ0v) is 13.4. The number of rotatable bonds is 4. The fourth-order valence-corrected chi connectivity index (χ4v) is 3.04. The Balaban J connectivity index is 1.36. The Labute approximate surface area is 142 Å². The number of carbonyl (C=O) groups excluding carboxylic acids is 1. The van der Waals surface area contributed by atoms with Crippen molar-refractivity contribution in [1.82, 2.24) is 10.5 Å². The minimum absolute atomic E-state index is 0.183. The second-order valence-electron chi connectivity index (χ2n) is 5.24. The molecular formula is C17H14N2O4S. The van der Waals surface area contributed by atoms with Gasteiger partial charge >= 0.3 is 0 Å². The molecule has 1 amide bonds. The molecule has 0 saturated heterocycles. The molecule has 0 spiro atoms. The van der Waals surface area contributed by atoms with Gasteiger partial charge in [0.15, 0.2) is 17.3 Å². The van der Waals surface area contributed by atoms with Gasteiger partial charge in [-0.25, -0.2) is 0 Å². The predicted octanol–water partition coefficient (Wildman–Crippen LogP) is 2.86. The van der Waals surface area contributed by atoms with Crippen LogP contribution in [0.25, 0.3) is 10.6 Å². The van der Waals surface area contributed by atoms with Crippen LogP contribution in [0.1, 0.15) is 5.69 Å². The molecule has 2 aromatic heterocycles. The molecule has 0 bridgehead atoms. The average molecular weight is 342 g/mol. The van der Waals surface area contributed by atoms with E-state index in [0.29, 0.717) is 23.0 Å². The Kier molecular flexibility index (Phi) is 3.92. The number of carbonyl (C=O) groups is 1. The summed E-state index contributed by atoms with van der Waals surface area (Å²) in [7, 11) is 0. The minimum atomic E-state index is -0.677. The van der Waals surface area contributed by atoms with E-state index in [1.54, 1.807) is 17.4 Å².